The molecule has 0 radical (unpaired) electrons. The molecule has 1 atom stereocenters. The molecule has 2 aromatic heterocycles. The number of aromatic nitrogens is 4. The van der Waals surface area contributed by atoms with E-state index in [1.54, 1.807) is 11.9 Å². The van der Waals surface area contributed by atoms with Gasteiger partial charge < -0.3 is 4.90 Å². The average Bonchev–Trinajstić information content (AvgIpc) is 3.33. The predicted molar refractivity (Wildman–Crippen MR) is 98.9 cm³/mol. The predicted octanol–water partition coefficient (Wildman–Crippen LogP) is 0.0883. The van der Waals surface area contributed by atoms with E-state index in [1.807, 2.05) is 0 Å². The van der Waals surface area contributed by atoms with Gasteiger partial charge in [-0.1, -0.05) is 12.8 Å². The number of fused-ring (bicyclic) bond motifs is 1. The Kier molecular flexibility index (Phi) is 4.53. The fraction of sp³-hybridized carbons (Fsp3) is 0.647. The lowest BCUT2D eigenvalue weighted by molar-refractivity contribution is -0.136. The second kappa shape index (κ2) is 6.74. The summed E-state index contributed by atoms with van der Waals surface area (Å²) < 4.78 is 26.7. The Bertz CT molecular complexity index is 1040. The summed E-state index contributed by atoms with van der Waals surface area (Å²) in [7, 11) is -1.40. The molecular formula is C17H23N5O4S. The maximum atomic E-state index is 13.1. The standard InChI is InChI=1S/C17H23N5O4S/c1-20-16-14(8-19-20)17(24)21(11-18-16)9-15(23)22(12-4-2-3-5-12)13-6-7-27(25,26)10-13/h8,11-13H,2-7,9-10H2,1H3/t13-/m0/s1. The van der Waals surface area contributed by atoms with Crippen molar-refractivity contribution < 1.29 is 13.2 Å². The SMILES string of the molecule is Cn1ncc2c(=O)n(CC(=O)N(C3CCCC3)[C@H]3CCS(=O)(=O)C3)cnc21. The summed E-state index contributed by atoms with van der Waals surface area (Å²) in [6, 6.07) is -0.238. The number of amides is 1. The second-order valence-electron chi connectivity index (χ2n) is 7.48. The van der Waals surface area contributed by atoms with Crippen LogP contribution in [0.25, 0.3) is 11.0 Å². The molecule has 0 N–H and O–H groups in total. The van der Waals surface area contributed by atoms with Crippen molar-refractivity contribution in [1.29, 1.82) is 0 Å². The Morgan fingerprint density at radius 1 is 1.26 bits per heavy atom. The fourth-order valence-corrected chi connectivity index (χ4v) is 6.00. The summed E-state index contributed by atoms with van der Waals surface area (Å²) in [5.74, 6) is -0.0717. The van der Waals surface area contributed by atoms with Gasteiger partial charge in [0.1, 0.15) is 18.3 Å². The van der Waals surface area contributed by atoms with Crippen molar-refractivity contribution in [3.8, 4) is 0 Å². The molecule has 27 heavy (non-hydrogen) atoms. The summed E-state index contributed by atoms with van der Waals surface area (Å²) in [6.45, 7) is -0.135. The number of aryl methyl sites for hydroxylation is 1. The molecule has 1 saturated heterocycles. The highest BCUT2D eigenvalue weighted by Gasteiger charge is 2.39. The van der Waals surface area contributed by atoms with Crippen LogP contribution in [-0.4, -0.2) is 62.1 Å². The summed E-state index contributed by atoms with van der Waals surface area (Å²) in [5.41, 5.74) is 0.157. The summed E-state index contributed by atoms with van der Waals surface area (Å²) in [5, 5.41) is 4.40. The Hall–Kier alpha value is -2.23. The van der Waals surface area contributed by atoms with E-state index in [0.29, 0.717) is 17.5 Å². The van der Waals surface area contributed by atoms with E-state index < -0.39 is 9.84 Å². The monoisotopic (exact) mass is 393 g/mol. The first-order valence-corrected chi connectivity index (χ1v) is 11.1. The van der Waals surface area contributed by atoms with Crippen molar-refractivity contribution in [3.63, 3.8) is 0 Å². The minimum atomic E-state index is -3.10. The normalized spacial score (nSPS) is 22.5. The van der Waals surface area contributed by atoms with E-state index >= 15 is 0 Å². The largest absolute Gasteiger partial charge is 0.334 e. The van der Waals surface area contributed by atoms with Crippen LogP contribution in [0.3, 0.4) is 0 Å². The number of nitrogens with zero attached hydrogens (tertiary/aromatic N) is 5. The van der Waals surface area contributed by atoms with Gasteiger partial charge in [0, 0.05) is 19.1 Å². The maximum Gasteiger partial charge on any atom is 0.264 e. The van der Waals surface area contributed by atoms with Crippen LogP contribution in [0.2, 0.25) is 0 Å². The minimum absolute atomic E-state index is 0.0179. The van der Waals surface area contributed by atoms with Crippen molar-refractivity contribution in [3.05, 3.63) is 22.9 Å². The third kappa shape index (κ3) is 3.38. The number of hydrogen-bond donors (Lipinski definition) is 0. The highest BCUT2D eigenvalue weighted by Crippen LogP contribution is 2.29. The number of sulfone groups is 1. The van der Waals surface area contributed by atoms with Crippen LogP contribution < -0.4 is 5.56 Å². The van der Waals surface area contributed by atoms with Crippen LogP contribution >= 0.6 is 0 Å². The lowest BCUT2D eigenvalue weighted by Gasteiger charge is -2.34. The van der Waals surface area contributed by atoms with Gasteiger partial charge in [-0.15, -0.1) is 0 Å². The molecule has 9 nitrogen and oxygen atoms in total. The van der Waals surface area contributed by atoms with Crippen molar-refractivity contribution in [2.45, 2.75) is 50.7 Å². The van der Waals surface area contributed by atoms with Crippen LogP contribution in [-0.2, 0) is 28.2 Å². The van der Waals surface area contributed by atoms with E-state index in [4.69, 9.17) is 0 Å². The topological polar surface area (TPSA) is 107 Å². The minimum Gasteiger partial charge on any atom is -0.334 e. The zero-order valence-electron chi connectivity index (χ0n) is 15.2. The summed E-state index contributed by atoms with van der Waals surface area (Å²) in [4.78, 5) is 31.7. The lowest BCUT2D eigenvalue weighted by atomic mass is 10.1. The van der Waals surface area contributed by atoms with Gasteiger partial charge in [0.2, 0.25) is 5.91 Å². The molecule has 1 aliphatic carbocycles. The molecule has 10 heteroatoms. The van der Waals surface area contributed by atoms with Crippen LogP contribution in [0.15, 0.2) is 17.3 Å². The Morgan fingerprint density at radius 2 is 2.00 bits per heavy atom. The molecule has 0 unspecified atom stereocenters. The zero-order valence-corrected chi connectivity index (χ0v) is 16.1. The van der Waals surface area contributed by atoms with Crippen molar-refractivity contribution in [1.82, 2.24) is 24.2 Å². The molecule has 1 saturated carbocycles. The van der Waals surface area contributed by atoms with Gasteiger partial charge in [0.05, 0.1) is 17.7 Å². The van der Waals surface area contributed by atoms with Gasteiger partial charge in [-0.05, 0) is 19.3 Å². The van der Waals surface area contributed by atoms with E-state index in [1.165, 1.54) is 21.8 Å². The van der Waals surface area contributed by atoms with E-state index in [2.05, 4.69) is 10.1 Å². The van der Waals surface area contributed by atoms with Crippen LogP contribution in [0, 0.1) is 0 Å². The average molecular weight is 393 g/mol. The molecule has 1 amide bonds. The van der Waals surface area contributed by atoms with Gasteiger partial charge in [0.25, 0.3) is 5.56 Å². The Balaban J connectivity index is 1.62. The van der Waals surface area contributed by atoms with E-state index in [-0.39, 0.29) is 41.6 Å². The molecule has 4 rings (SSSR count). The van der Waals surface area contributed by atoms with Crippen molar-refractivity contribution in [2.75, 3.05) is 11.5 Å². The third-order valence-electron chi connectivity index (χ3n) is 5.63. The molecular weight excluding hydrogens is 370 g/mol. The first-order chi connectivity index (χ1) is 12.9. The van der Waals surface area contributed by atoms with Gasteiger partial charge >= 0.3 is 0 Å². The summed E-state index contributed by atoms with van der Waals surface area (Å²) >= 11 is 0. The molecule has 0 aromatic carbocycles. The number of rotatable bonds is 4. The number of carbonyl (C=O) groups excluding carboxylic acids is 1. The van der Waals surface area contributed by atoms with Crippen molar-refractivity contribution >= 4 is 26.8 Å². The molecule has 3 heterocycles. The van der Waals surface area contributed by atoms with Crippen LogP contribution in [0.4, 0.5) is 0 Å². The van der Waals surface area contributed by atoms with Gasteiger partial charge in [0.15, 0.2) is 15.5 Å². The number of hydrogen-bond acceptors (Lipinski definition) is 6. The Labute approximate surface area is 156 Å². The van der Waals surface area contributed by atoms with E-state index in [9.17, 15) is 18.0 Å². The molecule has 2 fully saturated rings. The van der Waals surface area contributed by atoms with Gasteiger partial charge in [-0.3, -0.25) is 18.8 Å². The first kappa shape index (κ1) is 18.1. The van der Waals surface area contributed by atoms with Gasteiger partial charge in [-0.2, -0.15) is 5.10 Å². The number of carbonyl (C=O) groups is 1. The van der Waals surface area contributed by atoms with Gasteiger partial charge in [-0.25, -0.2) is 13.4 Å². The first-order valence-electron chi connectivity index (χ1n) is 9.24. The molecule has 0 spiro atoms. The zero-order chi connectivity index (χ0) is 19.2. The maximum absolute atomic E-state index is 13.1. The van der Waals surface area contributed by atoms with E-state index in [0.717, 1.165) is 25.7 Å². The molecule has 0 bridgehead atoms. The quantitative estimate of drug-likeness (QED) is 0.729. The van der Waals surface area contributed by atoms with Crippen LogP contribution in [0.5, 0.6) is 0 Å². The smallest absolute Gasteiger partial charge is 0.264 e. The molecule has 146 valence electrons. The molecule has 1 aliphatic heterocycles. The van der Waals surface area contributed by atoms with Crippen molar-refractivity contribution in [2.24, 2.45) is 7.05 Å². The Morgan fingerprint density at radius 3 is 2.67 bits per heavy atom. The summed E-state index contributed by atoms with van der Waals surface area (Å²) in [6.07, 6.45) is 7.13. The molecule has 2 aliphatic rings. The second-order valence-corrected chi connectivity index (χ2v) is 9.71. The highest BCUT2D eigenvalue weighted by atomic mass is 32.2. The fourth-order valence-electron chi connectivity index (χ4n) is 4.29. The third-order valence-corrected chi connectivity index (χ3v) is 7.38. The lowest BCUT2D eigenvalue weighted by Crippen LogP contribution is -2.49. The van der Waals surface area contributed by atoms with Crippen LogP contribution in [0.1, 0.15) is 32.1 Å². The molecule has 2 aromatic rings. The highest BCUT2D eigenvalue weighted by molar-refractivity contribution is 7.91.